The Morgan fingerprint density at radius 2 is 1.84 bits per heavy atom. The molecule has 0 aromatic rings. The molecule has 1 atom stereocenters. The van der Waals surface area contributed by atoms with E-state index < -0.39 is 5.54 Å². The normalized spacial score (nSPS) is 14.9. The fourth-order valence-electron chi connectivity index (χ4n) is 1.88. The van der Waals surface area contributed by atoms with Gasteiger partial charge in [-0.2, -0.15) is 0 Å². The molecule has 0 saturated heterocycles. The van der Waals surface area contributed by atoms with Gasteiger partial charge in [0.25, 0.3) is 0 Å². The van der Waals surface area contributed by atoms with Gasteiger partial charge in [-0.15, -0.1) is 0 Å². The number of hydrogen-bond donors (Lipinski definition) is 2. The Kier molecular flexibility index (Phi) is 8.97. The van der Waals surface area contributed by atoms with Crippen LogP contribution in [0.2, 0.25) is 0 Å². The Morgan fingerprint density at radius 3 is 2.32 bits per heavy atom. The Hall–Kier alpha value is -0.650. The minimum Gasteiger partial charge on any atom is -0.368 e. The van der Waals surface area contributed by atoms with E-state index in [2.05, 4.69) is 43.2 Å². The zero-order valence-corrected chi connectivity index (χ0v) is 13.3. The first-order chi connectivity index (χ1) is 8.81. The van der Waals surface area contributed by atoms with Crippen molar-refractivity contribution in [3.8, 4) is 0 Å². The first-order valence-electron chi connectivity index (χ1n) is 7.20. The third-order valence-electron chi connectivity index (χ3n) is 3.45. The molecule has 1 amide bonds. The highest BCUT2D eigenvalue weighted by atomic mass is 16.1. The second-order valence-electron chi connectivity index (χ2n) is 5.83. The van der Waals surface area contributed by atoms with E-state index >= 15 is 0 Å². The first kappa shape index (κ1) is 18.4. The van der Waals surface area contributed by atoms with Crippen LogP contribution in [0.5, 0.6) is 0 Å². The monoisotopic (exact) mass is 272 g/mol. The van der Waals surface area contributed by atoms with E-state index in [1.807, 2.05) is 6.92 Å². The van der Waals surface area contributed by atoms with Crippen molar-refractivity contribution in [3.05, 3.63) is 0 Å². The largest absolute Gasteiger partial charge is 0.368 e. The number of rotatable bonds is 11. The van der Waals surface area contributed by atoms with Crippen LogP contribution in [-0.2, 0) is 4.79 Å². The standard InChI is InChI=1S/C14H32N4O/c1-6-9-16-14(2,13(15)19)8-12-18(5)11-7-10-17(3)4/h16H,6-12H2,1-5H3,(H2,15,19). The fraction of sp³-hybridized carbons (Fsp3) is 0.929. The summed E-state index contributed by atoms with van der Waals surface area (Å²) in [7, 11) is 6.26. The smallest absolute Gasteiger partial charge is 0.237 e. The highest BCUT2D eigenvalue weighted by molar-refractivity contribution is 5.84. The summed E-state index contributed by atoms with van der Waals surface area (Å²) in [5, 5.41) is 3.27. The molecule has 3 N–H and O–H groups in total. The molecule has 0 heterocycles. The Labute approximate surface area is 118 Å². The van der Waals surface area contributed by atoms with E-state index in [9.17, 15) is 4.79 Å². The van der Waals surface area contributed by atoms with Crippen LogP contribution in [0.3, 0.4) is 0 Å². The zero-order chi connectivity index (χ0) is 14.9. The van der Waals surface area contributed by atoms with Crippen LogP contribution >= 0.6 is 0 Å². The summed E-state index contributed by atoms with van der Waals surface area (Å²) < 4.78 is 0. The number of nitrogens with zero attached hydrogens (tertiary/aromatic N) is 2. The van der Waals surface area contributed by atoms with Gasteiger partial charge in [0, 0.05) is 6.54 Å². The van der Waals surface area contributed by atoms with Crippen molar-refractivity contribution < 1.29 is 4.79 Å². The van der Waals surface area contributed by atoms with Crippen LogP contribution in [0.15, 0.2) is 0 Å². The predicted octanol–water partition coefficient (Wildman–Crippen LogP) is 0.504. The minimum absolute atomic E-state index is 0.261. The maximum absolute atomic E-state index is 11.6. The minimum atomic E-state index is -0.591. The maximum Gasteiger partial charge on any atom is 0.237 e. The zero-order valence-electron chi connectivity index (χ0n) is 13.3. The summed E-state index contributed by atoms with van der Waals surface area (Å²) >= 11 is 0. The summed E-state index contributed by atoms with van der Waals surface area (Å²) in [4.78, 5) is 16.0. The fourth-order valence-corrected chi connectivity index (χ4v) is 1.88. The van der Waals surface area contributed by atoms with E-state index in [-0.39, 0.29) is 5.91 Å². The van der Waals surface area contributed by atoms with Crippen molar-refractivity contribution in [2.45, 2.75) is 38.6 Å². The van der Waals surface area contributed by atoms with Gasteiger partial charge in [0.15, 0.2) is 0 Å². The van der Waals surface area contributed by atoms with E-state index in [1.54, 1.807) is 0 Å². The van der Waals surface area contributed by atoms with Gasteiger partial charge >= 0.3 is 0 Å². The number of carbonyl (C=O) groups is 1. The average molecular weight is 272 g/mol. The Morgan fingerprint density at radius 1 is 1.21 bits per heavy atom. The number of amides is 1. The van der Waals surface area contributed by atoms with E-state index in [0.29, 0.717) is 0 Å². The second kappa shape index (κ2) is 9.28. The van der Waals surface area contributed by atoms with Gasteiger partial charge in [0.1, 0.15) is 0 Å². The van der Waals surface area contributed by atoms with Crippen molar-refractivity contribution in [1.29, 1.82) is 0 Å². The van der Waals surface area contributed by atoms with Gasteiger partial charge in [-0.25, -0.2) is 0 Å². The van der Waals surface area contributed by atoms with E-state index in [1.165, 1.54) is 0 Å². The average Bonchev–Trinajstić information content (AvgIpc) is 2.33. The molecule has 5 nitrogen and oxygen atoms in total. The predicted molar refractivity (Wildman–Crippen MR) is 81.2 cm³/mol. The molecular formula is C14H32N4O. The van der Waals surface area contributed by atoms with Gasteiger partial charge in [-0.1, -0.05) is 6.92 Å². The molecule has 0 bridgehead atoms. The van der Waals surface area contributed by atoms with Gasteiger partial charge in [-0.05, 0) is 67.0 Å². The number of primary amides is 1. The van der Waals surface area contributed by atoms with Crippen LogP contribution < -0.4 is 11.1 Å². The second-order valence-corrected chi connectivity index (χ2v) is 5.83. The van der Waals surface area contributed by atoms with Crippen LogP contribution in [0.4, 0.5) is 0 Å². The van der Waals surface area contributed by atoms with Crippen molar-refractivity contribution in [1.82, 2.24) is 15.1 Å². The molecule has 0 saturated carbocycles. The molecule has 5 heteroatoms. The SMILES string of the molecule is CCCNC(C)(CCN(C)CCCN(C)C)C(N)=O. The molecule has 0 aromatic heterocycles. The lowest BCUT2D eigenvalue weighted by Crippen LogP contribution is -2.54. The molecule has 0 aromatic carbocycles. The highest BCUT2D eigenvalue weighted by Gasteiger charge is 2.29. The lowest BCUT2D eigenvalue weighted by Gasteiger charge is -2.29. The summed E-state index contributed by atoms with van der Waals surface area (Å²) in [6.45, 7) is 7.82. The maximum atomic E-state index is 11.6. The molecule has 1 unspecified atom stereocenters. The molecular weight excluding hydrogens is 240 g/mol. The molecule has 0 radical (unpaired) electrons. The highest BCUT2D eigenvalue weighted by Crippen LogP contribution is 2.10. The molecule has 0 fully saturated rings. The van der Waals surface area contributed by atoms with E-state index in [4.69, 9.17) is 5.73 Å². The third kappa shape index (κ3) is 8.18. The summed E-state index contributed by atoms with van der Waals surface area (Å²) in [5.41, 5.74) is 4.92. The quantitative estimate of drug-likeness (QED) is 0.575. The lowest BCUT2D eigenvalue weighted by atomic mass is 9.96. The summed E-state index contributed by atoms with van der Waals surface area (Å²) in [5.74, 6) is -0.261. The molecule has 19 heavy (non-hydrogen) atoms. The molecule has 0 spiro atoms. The number of nitrogens with two attached hydrogens (primary N) is 1. The topological polar surface area (TPSA) is 61.6 Å². The first-order valence-corrected chi connectivity index (χ1v) is 7.20. The molecule has 0 aliphatic heterocycles. The van der Waals surface area contributed by atoms with Crippen LogP contribution in [0.25, 0.3) is 0 Å². The third-order valence-corrected chi connectivity index (χ3v) is 3.45. The van der Waals surface area contributed by atoms with Gasteiger partial charge in [0.2, 0.25) is 5.91 Å². The van der Waals surface area contributed by atoms with Crippen LogP contribution in [0.1, 0.15) is 33.1 Å². The summed E-state index contributed by atoms with van der Waals surface area (Å²) in [6.07, 6.45) is 2.89. The van der Waals surface area contributed by atoms with Gasteiger partial charge < -0.3 is 20.9 Å². The molecule has 0 aliphatic carbocycles. The van der Waals surface area contributed by atoms with Crippen LogP contribution in [-0.4, -0.2) is 68.6 Å². The van der Waals surface area contributed by atoms with Crippen molar-refractivity contribution in [3.63, 3.8) is 0 Å². The van der Waals surface area contributed by atoms with Crippen molar-refractivity contribution in [2.75, 3.05) is 47.3 Å². The molecule has 0 rings (SSSR count). The van der Waals surface area contributed by atoms with Crippen LogP contribution in [0, 0.1) is 0 Å². The summed E-state index contributed by atoms with van der Waals surface area (Å²) in [6, 6.07) is 0. The van der Waals surface area contributed by atoms with E-state index in [0.717, 1.165) is 45.4 Å². The molecule has 0 aliphatic rings. The number of nitrogens with one attached hydrogen (secondary N) is 1. The van der Waals surface area contributed by atoms with Gasteiger partial charge in [0.05, 0.1) is 5.54 Å². The Balaban J connectivity index is 4.06. The van der Waals surface area contributed by atoms with Gasteiger partial charge in [-0.3, -0.25) is 4.79 Å². The van der Waals surface area contributed by atoms with Crippen molar-refractivity contribution >= 4 is 5.91 Å². The number of hydrogen-bond acceptors (Lipinski definition) is 4. The number of carbonyl (C=O) groups excluding carboxylic acids is 1. The lowest BCUT2D eigenvalue weighted by molar-refractivity contribution is -0.124. The Bertz CT molecular complexity index is 258. The van der Waals surface area contributed by atoms with Crippen molar-refractivity contribution in [2.24, 2.45) is 5.73 Å². The molecule has 114 valence electrons.